The van der Waals surface area contributed by atoms with Crippen LogP contribution < -0.4 is 4.74 Å². The summed E-state index contributed by atoms with van der Waals surface area (Å²) >= 11 is 0. The Kier molecular flexibility index (Phi) is 4.19. The molecule has 0 heterocycles. The van der Waals surface area contributed by atoms with E-state index >= 15 is 0 Å². The molecule has 1 aromatic rings. The van der Waals surface area contributed by atoms with Crippen LogP contribution in [0.15, 0.2) is 18.2 Å². The van der Waals surface area contributed by atoms with E-state index in [9.17, 15) is 0 Å². The van der Waals surface area contributed by atoms with Crippen molar-refractivity contribution in [1.82, 2.24) is 0 Å². The fourth-order valence-electron chi connectivity index (χ4n) is 1.87. The third-order valence-electron chi connectivity index (χ3n) is 2.51. The zero-order valence-electron chi connectivity index (χ0n) is 10.5. The minimum atomic E-state index is 0.248. The summed E-state index contributed by atoms with van der Waals surface area (Å²) in [5, 5.41) is 0. The van der Waals surface area contributed by atoms with Crippen molar-refractivity contribution < 1.29 is 4.74 Å². The summed E-state index contributed by atoms with van der Waals surface area (Å²) in [5.74, 6) is 1.62. The van der Waals surface area contributed by atoms with Gasteiger partial charge in [0, 0.05) is 0 Å². The first-order chi connectivity index (χ1) is 7.06. The van der Waals surface area contributed by atoms with E-state index in [1.807, 2.05) is 0 Å². The molecule has 0 atom stereocenters. The van der Waals surface area contributed by atoms with Crippen molar-refractivity contribution in [2.24, 2.45) is 0 Å². The molecule has 15 heavy (non-hydrogen) atoms. The second-order valence-electron chi connectivity index (χ2n) is 4.50. The van der Waals surface area contributed by atoms with E-state index in [-0.39, 0.29) is 6.10 Å². The Morgan fingerprint density at radius 3 is 2.27 bits per heavy atom. The average molecular weight is 206 g/mol. The van der Waals surface area contributed by atoms with E-state index in [4.69, 9.17) is 4.74 Å². The molecule has 0 fully saturated rings. The van der Waals surface area contributed by atoms with Crippen molar-refractivity contribution in [1.29, 1.82) is 0 Å². The molecule has 0 amide bonds. The second kappa shape index (κ2) is 5.20. The largest absolute Gasteiger partial charge is 0.491 e. The summed E-state index contributed by atoms with van der Waals surface area (Å²) in [4.78, 5) is 0. The first-order valence-electron chi connectivity index (χ1n) is 5.84. The van der Waals surface area contributed by atoms with Gasteiger partial charge in [0.25, 0.3) is 0 Å². The predicted molar refractivity (Wildman–Crippen MR) is 65.7 cm³/mol. The highest BCUT2D eigenvalue weighted by Crippen LogP contribution is 2.28. The SMILES string of the molecule is CCc1c(OC(C)C)cccc1C(C)C. The minimum absolute atomic E-state index is 0.248. The average Bonchev–Trinajstić information content (AvgIpc) is 2.16. The van der Waals surface area contributed by atoms with Gasteiger partial charge in [-0.3, -0.25) is 0 Å². The molecule has 84 valence electrons. The van der Waals surface area contributed by atoms with Gasteiger partial charge < -0.3 is 4.74 Å². The van der Waals surface area contributed by atoms with Crippen molar-refractivity contribution in [2.75, 3.05) is 0 Å². The fraction of sp³-hybridized carbons (Fsp3) is 0.571. The van der Waals surface area contributed by atoms with Crippen LogP contribution in [-0.4, -0.2) is 6.10 Å². The van der Waals surface area contributed by atoms with E-state index in [0.29, 0.717) is 5.92 Å². The van der Waals surface area contributed by atoms with Crippen LogP contribution in [-0.2, 0) is 6.42 Å². The highest BCUT2D eigenvalue weighted by atomic mass is 16.5. The molecule has 0 spiro atoms. The number of hydrogen-bond acceptors (Lipinski definition) is 1. The normalized spacial score (nSPS) is 11.1. The molecule has 0 aliphatic heterocycles. The van der Waals surface area contributed by atoms with E-state index in [1.54, 1.807) is 0 Å². The fourth-order valence-corrected chi connectivity index (χ4v) is 1.87. The molecule has 0 saturated heterocycles. The maximum Gasteiger partial charge on any atom is 0.123 e. The Balaban J connectivity index is 3.10. The molecule has 0 aliphatic rings. The molecule has 0 aliphatic carbocycles. The maximum atomic E-state index is 5.83. The molecular formula is C14H22O. The first kappa shape index (κ1) is 12.1. The van der Waals surface area contributed by atoms with E-state index < -0.39 is 0 Å². The molecule has 1 heteroatoms. The molecule has 0 saturated carbocycles. The predicted octanol–water partition coefficient (Wildman–Crippen LogP) is 4.16. The van der Waals surface area contributed by atoms with Gasteiger partial charge >= 0.3 is 0 Å². The second-order valence-corrected chi connectivity index (χ2v) is 4.50. The molecule has 0 unspecified atom stereocenters. The van der Waals surface area contributed by atoms with Gasteiger partial charge in [-0.2, -0.15) is 0 Å². The lowest BCUT2D eigenvalue weighted by Crippen LogP contribution is -2.08. The van der Waals surface area contributed by atoms with Gasteiger partial charge in [-0.15, -0.1) is 0 Å². The van der Waals surface area contributed by atoms with Crippen LogP contribution >= 0.6 is 0 Å². The molecule has 0 bridgehead atoms. The molecule has 1 aromatic carbocycles. The number of rotatable bonds is 4. The van der Waals surface area contributed by atoms with Crippen molar-refractivity contribution in [3.05, 3.63) is 29.3 Å². The van der Waals surface area contributed by atoms with Crippen LogP contribution in [0.5, 0.6) is 5.75 Å². The smallest absolute Gasteiger partial charge is 0.123 e. The lowest BCUT2D eigenvalue weighted by Gasteiger charge is -2.18. The van der Waals surface area contributed by atoms with Gasteiger partial charge in [0.15, 0.2) is 0 Å². The summed E-state index contributed by atoms with van der Waals surface area (Å²) in [6.07, 6.45) is 1.29. The number of benzene rings is 1. The summed E-state index contributed by atoms with van der Waals surface area (Å²) in [5.41, 5.74) is 2.77. The third kappa shape index (κ3) is 2.98. The van der Waals surface area contributed by atoms with E-state index in [0.717, 1.165) is 12.2 Å². The highest BCUT2D eigenvalue weighted by molar-refractivity contribution is 5.41. The molecular weight excluding hydrogens is 184 g/mol. The van der Waals surface area contributed by atoms with Crippen molar-refractivity contribution in [2.45, 2.75) is 53.1 Å². The first-order valence-corrected chi connectivity index (χ1v) is 5.84. The number of ether oxygens (including phenoxy) is 1. The molecule has 0 aromatic heterocycles. The minimum Gasteiger partial charge on any atom is -0.491 e. The maximum absolute atomic E-state index is 5.83. The van der Waals surface area contributed by atoms with Crippen LogP contribution in [0.3, 0.4) is 0 Å². The monoisotopic (exact) mass is 206 g/mol. The van der Waals surface area contributed by atoms with Crippen molar-refractivity contribution >= 4 is 0 Å². The van der Waals surface area contributed by atoms with Crippen molar-refractivity contribution in [3.63, 3.8) is 0 Å². The van der Waals surface area contributed by atoms with Crippen LogP contribution in [0.1, 0.15) is 51.7 Å². The van der Waals surface area contributed by atoms with Crippen LogP contribution in [0.4, 0.5) is 0 Å². The van der Waals surface area contributed by atoms with Gasteiger partial charge in [-0.1, -0.05) is 32.9 Å². The van der Waals surface area contributed by atoms with Crippen LogP contribution in [0, 0.1) is 0 Å². The Morgan fingerprint density at radius 1 is 1.13 bits per heavy atom. The Morgan fingerprint density at radius 2 is 1.80 bits per heavy atom. The quantitative estimate of drug-likeness (QED) is 0.718. The van der Waals surface area contributed by atoms with E-state index in [2.05, 4.69) is 52.8 Å². The zero-order valence-corrected chi connectivity index (χ0v) is 10.5. The standard InChI is InChI=1S/C14H22O/c1-6-12-13(10(2)3)8-7-9-14(12)15-11(4)5/h7-11H,6H2,1-5H3. The van der Waals surface area contributed by atoms with Gasteiger partial charge in [0.2, 0.25) is 0 Å². The van der Waals surface area contributed by atoms with Gasteiger partial charge in [-0.25, -0.2) is 0 Å². The van der Waals surface area contributed by atoms with Gasteiger partial charge in [-0.05, 0) is 43.4 Å². The Hall–Kier alpha value is -0.980. The van der Waals surface area contributed by atoms with Gasteiger partial charge in [0.05, 0.1) is 6.10 Å². The summed E-state index contributed by atoms with van der Waals surface area (Å²) < 4.78 is 5.83. The Bertz CT molecular complexity index is 313. The van der Waals surface area contributed by atoms with Gasteiger partial charge in [0.1, 0.15) is 5.75 Å². The molecule has 0 N–H and O–H groups in total. The summed E-state index contributed by atoms with van der Waals surface area (Å²) in [6.45, 7) is 10.8. The Labute approximate surface area is 93.5 Å². The topological polar surface area (TPSA) is 9.23 Å². The lowest BCUT2D eigenvalue weighted by atomic mass is 9.95. The van der Waals surface area contributed by atoms with Crippen LogP contribution in [0.25, 0.3) is 0 Å². The highest BCUT2D eigenvalue weighted by Gasteiger charge is 2.11. The van der Waals surface area contributed by atoms with Crippen LogP contribution in [0.2, 0.25) is 0 Å². The molecule has 0 radical (unpaired) electrons. The van der Waals surface area contributed by atoms with Crippen molar-refractivity contribution in [3.8, 4) is 5.75 Å². The number of hydrogen-bond donors (Lipinski definition) is 0. The summed E-state index contributed by atoms with van der Waals surface area (Å²) in [6, 6.07) is 6.37. The zero-order chi connectivity index (χ0) is 11.4. The summed E-state index contributed by atoms with van der Waals surface area (Å²) in [7, 11) is 0. The van der Waals surface area contributed by atoms with E-state index in [1.165, 1.54) is 11.1 Å². The third-order valence-corrected chi connectivity index (χ3v) is 2.51. The molecule has 1 rings (SSSR count). The lowest BCUT2D eigenvalue weighted by molar-refractivity contribution is 0.239. The molecule has 1 nitrogen and oxygen atoms in total.